The molecule has 1 aliphatic heterocycles. The van der Waals surface area contributed by atoms with Gasteiger partial charge in [0.05, 0.1) is 6.54 Å². The number of rotatable bonds is 6. The van der Waals surface area contributed by atoms with Crippen LogP contribution in [0.5, 0.6) is 0 Å². The van der Waals surface area contributed by atoms with Crippen molar-refractivity contribution in [3.8, 4) is 0 Å². The van der Waals surface area contributed by atoms with Gasteiger partial charge in [-0.05, 0) is 42.5 Å². The molecule has 5 rings (SSSR count). The van der Waals surface area contributed by atoms with Gasteiger partial charge in [-0.25, -0.2) is 14.1 Å². The molecule has 1 atom stereocenters. The number of fused-ring (bicyclic) bond motifs is 1. The van der Waals surface area contributed by atoms with E-state index in [2.05, 4.69) is 15.3 Å². The number of hydrogen-bond donors (Lipinski definition) is 1. The number of carbonyl (C=O) groups is 1. The van der Waals surface area contributed by atoms with Crippen LogP contribution in [0, 0.1) is 5.82 Å². The smallest absolute Gasteiger partial charge is 0.281 e. The molecule has 1 N–H and O–H groups in total. The van der Waals surface area contributed by atoms with Crippen molar-refractivity contribution < 1.29 is 9.18 Å². The molecule has 0 unspecified atom stereocenters. The number of likely N-dealkylation sites (tertiary alicyclic amines) is 1. The lowest BCUT2D eigenvalue weighted by molar-refractivity contribution is -0.132. The molecule has 1 amide bonds. The molecule has 0 bridgehead atoms. The van der Waals surface area contributed by atoms with Gasteiger partial charge in [-0.2, -0.15) is 0 Å². The number of hydrogen-bond acceptors (Lipinski definition) is 5. The second kappa shape index (κ2) is 9.54. The van der Waals surface area contributed by atoms with Gasteiger partial charge >= 0.3 is 0 Å². The third-order valence-corrected chi connectivity index (χ3v) is 6.27. The molecule has 3 heterocycles. The highest BCUT2D eigenvalue weighted by Crippen LogP contribution is 2.25. The van der Waals surface area contributed by atoms with Crippen LogP contribution in [0.3, 0.4) is 0 Å². The summed E-state index contributed by atoms with van der Waals surface area (Å²) in [5.41, 5.74) is 2.17. The van der Waals surface area contributed by atoms with E-state index in [1.54, 1.807) is 16.8 Å². The van der Waals surface area contributed by atoms with Crippen molar-refractivity contribution in [2.75, 3.05) is 13.1 Å². The minimum Gasteiger partial charge on any atom is -0.342 e. The number of aromatic amines is 1. The predicted octanol–water partition coefficient (Wildman–Crippen LogP) is 3.04. The Kier molecular flexibility index (Phi) is 6.16. The maximum Gasteiger partial charge on any atom is 0.281 e. The molecular formula is C25H25FN6O2. The first kappa shape index (κ1) is 21.9. The molecule has 8 nitrogen and oxygen atoms in total. The lowest BCUT2D eigenvalue weighted by Crippen LogP contribution is -2.40. The molecular weight excluding hydrogens is 435 g/mol. The standard InChI is InChI=1S/C25H25FN6O2/c26-20-11-8-18(9-12-20)15-32-24-22(29-30-32)25(34)28-23(27-24)19-7-4-14-31(16-19)21(33)13-10-17-5-2-1-3-6-17/h1-3,5-6,8-9,11-12,19H,4,7,10,13-16H2,(H,27,28,34)/t19-/m0/s1. The summed E-state index contributed by atoms with van der Waals surface area (Å²) in [6.07, 6.45) is 2.83. The van der Waals surface area contributed by atoms with E-state index < -0.39 is 0 Å². The Bertz CT molecular complexity index is 1350. The number of halogens is 1. The second-order valence-corrected chi connectivity index (χ2v) is 8.66. The number of piperidine rings is 1. The Morgan fingerprint density at radius 2 is 1.88 bits per heavy atom. The van der Waals surface area contributed by atoms with Crippen molar-refractivity contribution >= 4 is 17.1 Å². The van der Waals surface area contributed by atoms with Crippen LogP contribution in [0.2, 0.25) is 0 Å². The predicted molar refractivity (Wildman–Crippen MR) is 125 cm³/mol. The number of amides is 1. The number of aromatic nitrogens is 5. The molecule has 1 saturated heterocycles. The first-order valence-electron chi connectivity index (χ1n) is 11.5. The van der Waals surface area contributed by atoms with Crippen molar-refractivity contribution in [1.82, 2.24) is 29.9 Å². The van der Waals surface area contributed by atoms with Gasteiger partial charge in [0.25, 0.3) is 5.56 Å². The van der Waals surface area contributed by atoms with Gasteiger partial charge in [-0.15, -0.1) is 5.10 Å². The second-order valence-electron chi connectivity index (χ2n) is 8.66. The molecule has 2 aromatic heterocycles. The van der Waals surface area contributed by atoms with E-state index in [-0.39, 0.29) is 28.7 Å². The minimum absolute atomic E-state index is 0.0688. The number of carbonyl (C=O) groups excluding carboxylic acids is 1. The number of benzene rings is 2. The Morgan fingerprint density at radius 1 is 1.09 bits per heavy atom. The van der Waals surface area contributed by atoms with Crippen molar-refractivity contribution in [2.24, 2.45) is 0 Å². The lowest BCUT2D eigenvalue weighted by Gasteiger charge is -2.32. The normalized spacial score (nSPS) is 16.1. The van der Waals surface area contributed by atoms with Crippen LogP contribution in [-0.2, 0) is 17.8 Å². The average Bonchev–Trinajstić information content (AvgIpc) is 3.28. The largest absolute Gasteiger partial charge is 0.342 e. The third kappa shape index (κ3) is 4.73. The Balaban J connectivity index is 1.33. The summed E-state index contributed by atoms with van der Waals surface area (Å²) >= 11 is 0. The summed E-state index contributed by atoms with van der Waals surface area (Å²) in [6, 6.07) is 16.1. The molecule has 0 spiro atoms. The van der Waals surface area contributed by atoms with Gasteiger partial charge < -0.3 is 9.88 Å². The Labute approximate surface area is 195 Å². The van der Waals surface area contributed by atoms with Gasteiger partial charge in [0, 0.05) is 25.4 Å². The average molecular weight is 461 g/mol. The monoisotopic (exact) mass is 460 g/mol. The van der Waals surface area contributed by atoms with E-state index in [1.807, 2.05) is 35.2 Å². The van der Waals surface area contributed by atoms with Crippen LogP contribution in [0.15, 0.2) is 59.4 Å². The maximum atomic E-state index is 13.2. The zero-order valence-corrected chi connectivity index (χ0v) is 18.7. The summed E-state index contributed by atoms with van der Waals surface area (Å²) in [4.78, 5) is 34.9. The highest BCUT2D eigenvalue weighted by Gasteiger charge is 2.27. The Morgan fingerprint density at radius 3 is 2.68 bits per heavy atom. The molecule has 2 aromatic carbocycles. The van der Waals surface area contributed by atoms with Gasteiger partial charge in [-0.1, -0.05) is 47.7 Å². The van der Waals surface area contributed by atoms with Gasteiger partial charge in [0.2, 0.25) is 5.91 Å². The summed E-state index contributed by atoms with van der Waals surface area (Å²) < 4.78 is 14.8. The van der Waals surface area contributed by atoms with E-state index >= 15 is 0 Å². The van der Waals surface area contributed by atoms with Crippen LogP contribution in [0.25, 0.3) is 11.2 Å². The fourth-order valence-corrected chi connectivity index (χ4v) is 4.43. The summed E-state index contributed by atoms with van der Waals surface area (Å²) in [5, 5.41) is 8.06. The topological polar surface area (TPSA) is 96.8 Å². The van der Waals surface area contributed by atoms with Crippen LogP contribution >= 0.6 is 0 Å². The van der Waals surface area contributed by atoms with Crippen LogP contribution in [0.4, 0.5) is 4.39 Å². The maximum absolute atomic E-state index is 13.2. The number of aryl methyl sites for hydroxylation is 1. The number of nitrogens with zero attached hydrogens (tertiary/aromatic N) is 5. The first-order valence-corrected chi connectivity index (χ1v) is 11.5. The van der Waals surface area contributed by atoms with E-state index in [9.17, 15) is 14.0 Å². The zero-order chi connectivity index (χ0) is 23.5. The van der Waals surface area contributed by atoms with Gasteiger partial charge in [-0.3, -0.25) is 9.59 Å². The summed E-state index contributed by atoms with van der Waals surface area (Å²) in [7, 11) is 0. The molecule has 1 aliphatic rings. The Hall–Kier alpha value is -3.88. The fourth-order valence-electron chi connectivity index (χ4n) is 4.43. The van der Waals surface area contributed by atoms with Crippen LogP contribution in [0.1, 0.15) is 42.1 Å². The van der Waals surface area contributed by atoms with E-state index in [4.69, 9.17) is 4.98 Å². The molecule has 4 aromatic rings. The zero-order valence-electron chi connectivity index (χ0n) is 18.7. The molecule has 174 valence electrons. The summed E-state index contributed by atoms with van der Waals surface area (Å²) in [5.74, 6) is 0.269. The molecule has 0 aliphatic carbocycles. The highest BCUT2D eigenvalue weighted by atomic mass is 19.1. The van der Waals surface area contributed by atoms with Crippen molar-refractivity contribution in [2.45, 2.75) is 38.1 Å². The molecule has 34 heavy (non-hydrogen) atoms. The van der Waals surface area contributed by atoms with E-state index in [1.165, 1.54) is 12.1 Å². The number of H-pyrrole nitrogens is 1. The van der Waals surface area contributed by atoms with Gasteiger partial charge in [0.15, 0.2) is 11.2 Å². The van der Waals surface area contributed by atoms with Crippen molar-refractivity contribution in [3.63, 3.8) is 0 Å². The molecule has 9 heteroatoms. The van der Waals surface area contributed by atoms with E-state index in [0.29, 0.717) is 43.9 Å². The summed E-state index contributed by atoms with van der Waals surface area (Å²) in [6.45, 7) is 1.55. The minimum atomic E-state index is -0.349. The van der Waals surface area contributed by atoms with E-state index in [0.717, 1.165) is 24.0 Å². The fraction of sp³-hybridized carbons (Fsp3) is 0.320. The lowest BCUT2D eigenvalue weighted by atomic mass is 9.96. The van der Waals surface area contributed by atoms with Crippen molar-refractivity contribution in [1.29, 1.82) is 0 Å². The van der Waals surface area contributed by atoms with Crippen LogP contribution in [-0.4, -0.2) is 48.9 Å². The van der Waals surface area contributed by atoms with Crippen molar-refractivity contribution in [3.05, 3.63) is 87.7 Å². The molecule has 0 radical (unpaired) electrons. The molecule has 1 fully saturated rings. The quantitative estimate of drug-likeness (QED) is 0.477. The highest BCUT2D eigenvalue weighted by molar-refractivity contribution is 5.76. The number of nitrogens with one attached hydrogen (secondary N) is 1. The van der Waals surface area contributed by atoms with Gasteiger partial charge in [0.1, 0.15) is 11.6 Å². The van der Waals surface area contributed by atoms with Crippen LogP contribution < -0.4 is 5.56 Å². The first-order chi connectivity index (χ1) is 16.6. The SMILES string of the molecule is O=C(CCc1ccccc1)N1CCC[C@H](c2nc3c(nnn3Cc3ccc(F)cc3)c(=O)[nH]2)C1. The third-order valence-electron chi connectivity index (χ3n) is 6.27. The molecule has 0 saturated carbocycles.